The van der Waals surface area contributed by atoms with Crippen LogP contribution in [0.5, 0.6) is 0 Å². The van der Waals surface area contributed by atoms with Gasteiger partial charge in [0.05, 0.1) is 11.1 Å². The second-order valence-corrected chi connectivity index (χ2v) is 10.2. The van der Waals surface area contributed by atoms with Crippen LogP contribution in [-0.4, -0.2) is 39.1 Å². The van der Waals surface area contributed by atoms with Gasteiger partial charge in [-0.25, -0.2) is 9.37 Å². The number of piperidine rings is 1. The van der Waals surface area contributed by atoms with Crippen LogP contribution in [0.2, 0.25) is 0 Å². The summed E-state index contributed by atoms with van der Waals surface area (Å²) in [6.45, 7) is 0.843. The van der Waals surface area contributed by atoms with Gasteiger partial charge in [-0.3, -0.25) is 9.59 Å². The molecule has 3 heterocycles. The third-order valence-corrected chi connectivity index (χ3v) is 8.20. The average molecular weight is 458 g/mol. The molecule has 3 aromatic rings. The molecule has 1 aromatic carbocycles. The maximum absolute atomic E-state index is 13.2. The molecule has 0 bridgehead atoms. The Hall–Kier alpha value is -2.19. The zero-order valence-electron chi connectivity index (χ0n) is 17.1. The number of amides is 1. The minimum Gasteiger partial charge on any atom is -0.339 e. The normalized spacial score (nSPS) is 21.3. The topological polar surface area (TPSA) is 66.1 Å². The molecular formula is C23H24FN3O2S2. The first-order valence-electron chi connectivity index (χ1n) is 10.8. The highest BCUT2D eigenvalue weighted by Crippen LogP contribution is 2.36. The number of halogens is 1. The molecule has 31 heavy (non-hydrogen) atoms. The van der Waals surface area contributed by atoms with Crippen molar-refractivity contribution in [2.45, 2.75) is 49.7 Å². The van der Waals surface area contributed by atoms with E-state index in [9.17, 15) is 14.0 Å². The van der Waals surface area contributed by atoms with Gasteiger partial charge in [0.15, 0.2) is 5.16 Å². The molecule has 8 heteroatoms. The van der Waals surface area contributed by atoms with Crippen LogP contribution in [0.3, 0.4) is 0 Å². The van der Waals surface area contributed by atoms with Gasteiger partial charge in [-0.2, -0.15) is 0 Å². The fraction of sp³-hybridized carbons (Fsp3) is 0.435. The van der Waals surface area contributed by atoms with Crippen molar-refractivity contribution in [1.29, 1.82) is 0 Å². The molecule has 2 aliphatic rings. The Labute approximate surface area is 188 Å². The summed E-state index contributed by atoms with van der Waals surface area (Å²) in [6.07, 6.45) is 7.16. The van der Waals surface area contributed by atoms with Gasteiger partial charge in [0.1, 0.15) is 10.6 Å². The van der Waals surface area contributed by atoms with Crippen LogP contribution in [0.4, 0.5) is 4.39 Å². The molecule has 1 saturated carbocycles. The van der Waals surface area contributed by atoms with Gasteiger partial charge in [-0.15, -0.1) is 11.3 Å². The van der Waals surface area contributed by atoms with E-state index in [1.807, 2.05) is 5.38 Å². The zero-order chi connectivity index (χ0) is 21.4. The molecule has 5 nitrogen and oxygen atoms in total. The van der Waals surface area contributed by atoms with Gasteiger partial charge in [0.2, 0.25) is 5.91 Å². The predicted octanol–water partition coefficient (Wildman–Crippen LogP) is 5.06. The van der Waals surface area contributed by atoms with Gasteiger partial charge < -0.3 is 9.88 Å². The quantitative estimate of drug-likeness (QED) is 0.439. The number of hydrogen-bond donors (Lipinski definition) is 1. The van der Waals surface area contributed by atoms with Crippen molar-refractivity contribution >= 4 is 39.2 Å². The summed E-state index contributed by atoms with van der Waals surface area (Å²) in [5.74, 6) is 0.768. The Kier molecular flexibility index (Phi) is 5.84. The van der Waals surface area contributed by atoms with Crippen LogP contribution in [0.1, 0.15) is 38.5 Å². The number of carbonyl (C=O) groups excluding carboxylic acids is 1. The van der Waals surface area contributed by atoms with E-state index in [-0.39, 0.29) is 23.0 Å². The second-order valence-electron chi connectivity index (χ2n) is 8.34. The number of hydrogen-bond acceptors (Lipinski definition) is 5. The van der Waals surface area contributed by atoms with Crippen molar-refractivity contribution in [1.82, 2.24) is 14.9 Å². The summed E-state index contributed by atoms with van der Waals surface area (Å²) in [5.41, 5.74) is 1.30. The molecule has 1 N–H and O–H groups in total. The van der Waals surface area contributed by atoms with Gasteiger partial charge in [-0.05, 0) is 49.3 Å². The first kappa shape index (κ1) is 20.7. The van der Waals surface area contributed by atoms with Crippen LogP contribution in [-0.2, 0) is 4.79 Å². The number of thiophene rings is 1. The van der Waals surface area contributed by atoms with E-state index in [4.69, 9.17) is 0 Å². The van der Waals surface area contributed by atoms with E-state index in [1.54, 1.807) is 12.1 Å². The number of nitrogens with one attached hydrogen (secondary N) is 1. The number of thioether (sulfide) groups is 1. The molecule has 0 spiro atoms. The maximum atomic E-state index is 13.2. The van der Waals surface area contributed by atoms with Crippen LogP contribution in [0.15, 0.2) is 39.6 Å². The zero-order valence-corrected chi connectivity index (χ0v) is 18.7. The van der Waals surface area contributed by atoms with E-state index in [2.05, 4.69) is 14.9 Å². The summed E-state index contributed by atoms with van der Waals surface area (Å²) in [4.78, 5) is 35.8. The van der Waals surface area contributed by atoms with Crippen LogP contribution < -0.4 is 5.56 Å². The lowest BCUT2D eigenvalue weighted by Gasteiger charge is -2.44. The summed E-state index contributed by atoms with van der Waals surface area (Å²) in [5, 5.41) is 2.85. The Bertz CT molecular complexity index is 1160. The molecule has 2 unspecified atom stereocenters. The highest BCUT2D eigenvalue weighted by Gasteiger charge is 2.35. The van der Waals surface area contributed by atoms with Gasteiger partial charge in [0, 0.05) is 23.5 Å². The average Bonchev–Trinajstić information content (AvgIpc) is 3.22. The fourth-order valence-electron chi connectivity index (χ4n) is 4.99. The molecule has 5 rings (SSSR count). The lowest BCUT2D eigenvalue weighted by atomic mass is 9.78. The highest BCUT2D eigenvalue weighted by atomic mass is 32.2. The van der Waals surface area contributed by atoms with Crippen LogP contribution in [0, 0.1) is 11.7 Å². The van der Waals surface area contributed by atoms with E-state index in [0.717, 1.165) is 30.5 Å². The van der Waals surface area contributed by atoms with Crippen molar-refractivity contribution in [3.8, 4) is 11.1 Å². The summed E-state index contributed by atoms with van der Waals surface area (Å²) in [7, 11) is 0. The van der Waals surface area contributed by atoms with E-state index in [0.29, 0.717) is 27.3 Å². The molecule has 2 fully saturated rings. The van der Waals surface area contributed by atoms with Crippen LogP contribution >= 0.6 is 23.1 Å². The van der Waals surface area contributed by atoms with Crippen molar-refractivity contribution in [2.75, 3.05) is 12.3 Å². The Morgan fingerprint density at radius 1 is 1.19 bits per heavy atom. The molecule has 2 atom stereocenters. The lowest BCUT2D eigenvalue weighted by Crippen LogP contribution is -2.50. The van der Waals surface area contributed by atoms with Gasteiger partial charge in [-0.1, -0.05) is 36.7 Å². The maximum Gasteiger partial charge on any atom is 0.260 e. The van der Waals surface area contributed by atoms with E-state index < -0.39 is 0 Å². The van der Waals surface area contributed by atoms with E-state index >= 15 is 0 Å². The molecule has 1 amide bonds. The molecule has 1 aliphatic carbocycles. The number of H-pyrrole nitrogens is 1. The fourth-order valence-corrected chi connectivity index (χ4v) is 6.74. The molecule has 1 saturated heterocycles. The number of likely N-dealkylation sites (tertiary alicyclic amines) is 1. The van der Waals surface area contributed by atoms with Gasteiger partial charge in [0.25, 0.3) is 5.56 Å². The van der Waals surface area contributed by atoms with E-state index in [1.165, 1.54) is 60.9 Å². The third kappa shape index (κ3) is 4.15. The van der Waals surface area contributed by atoms with Crippen LogP contribution in [0.25, 0.3) is 21.3 Å². The standard InChI is InChI=1S/C23H24FN3O2S2/c24-16-9-7-14(8-10-16)17-12-30-22-20(17)21(29)25-23(26-22)31-13-19(28)27-11-3-5-15-4-1-2-6-18(15)27/h7-10,12,15,18H,1-6,11,13H2,(H,25,26,29). The first-order valence-corrected chi connectivity index (χ1v) is 12.7. The molecule has 162 valence electrons. The minimum absolute atomic E-state index is 0.141. The number of aromatic nitrogens is 2. The largest absolute Gasteiger partial charge is 0.339 e. The highest BCUT2D eigenvalue weighted by molar-refractivity contribution is 7.99. The smallest absolute Gasteiger partial charge is 0.260 e. The Morgan fingerprint density at radius 2 is 1.97 bits per heavy atom. The number of carbonyl (C=O) groups is 1. The van der Waals surface area contributed by atoms with Crippen molar-refractivity contribution in [3.63, 3.8) is 0 Å². The van der Waals surface area contributed by atoms with Crippen molar-refractivity contribution in [2.24, 2.45) is 5.92 Å². The predicted molar refractivity (Wildman–Crippen MR) is 123 cm³/mol. The van der Waals surface area contributed by atoms with Crippen molar-refractivity contribution < 1.29 is 9.18 Å². The second kappa shape index (κ2) is 8.74. The minimum atomic E-state index is -0.313. The number of aromatic amines is 1. The molecular weight excluding hydrogens is 433 g/mol. The monoisotopic (exact) mass is 457 g/mol. The SMILES string of the molecule is O=C(CSc1nc2scc(-c3ccc(F)cc3)c2c(=O)[nH]1)N1CCCC2CCCCC21. The Balaban J connectivity index is 1.32. The number of benzene rings is 1. The third-order valence-electron chi connectivity index (χ3n) is 6.47. The Morgan fingerprint density at radius 3 is 2.81 bits per heavy atom. The molecule has 0 radical (unpaired) electrons. The molecule has 2 aromatic heterocycles. The summed E-state index contributed by atoms with van der Waals surface area (Å²) in [6, 6.07) is 6.48. The number of nitrogens with zero attached hydrogens (tertiary/aromatic N) is 2. The number of rotatable bonds is 4. The first-order chi connectivity index (χ1) is 15.1. The summed E-state index contributed by atoms with van der Waals surface area (Å²) >= 11 is 2.68. The lowest BCUT2D eigenvalue weighted by molar-refractivity contribution is -0.134. The number of fused-ring (bicyclic) bond motifs is 2. The summed E-state index contributed by atoms with van der Waals surface area (Å²) < 4.78 is 13.2. The van der Waals surface area contributed by atoms with Crippen molar-refractivity contribution in [3.05, 3.63) is 45.8 Å². The molecule has 1 aliphatic heterocycles. The van der Waals surface area contributed by atoms with Gasteiger partial charge >= 0.3 is 0 Å².